The quantitative estimate of drug-likeness (QED) is 0.218. The molecule has 0 N–H and O–H groups in total. The Morgan fingerprint density at radius 2 is 0.953 bits per heavy atom. The second-order valence-electron chi connectivity index (χ2n) is 10.9. The Bertz CT molecular complexity index is 2440. The van der Waals surface area contributed by atoms with Gasteiger partial charge in [0, 0.05) is 38.3 Å². The van der Waals surface area contributed by atoms with Crippen LogP contribution in [0, 0.1) is 0 Å². The van der Waals surface area contributed by atoms with E-state index in [1.54, 1.807) is 0 Å². The molecule has 7 aromatic carbocycles. The van der Waals surface area contributed by atoms with Gasteiger partial charge in [-0.15, -0.1) is 0 Å². The molecule has 0 atom stereocenters. The molecule has 0 aliphatic carbocycles. The van der Waals surface area contributed by atoms with Crippen LogP contribution >= 0.6 is 0 Å². The zero-order chi connectivity index (χ0) is 28.3. The molecule has 43 heavy (non-hydrogen) atoms. The van der Waals surface area contributed by atoms with Crippen molar-refractivity contribution in [2.24, 2.45) is 0 Å². The molecule has 0 amide bonds. The number of anilines is 3. The van der Waals surface area contributed by atoms with Gasteiger partial charge in [0.1, 0.15) is 16.7 Å². The molecule has 2 aromatic heterocycles. The van der Waals surface area contributed by atoms with Crippen LogP contribution in [-0.4, -0.2) is 0 Å². The Balaban J connectivity index is 1.29. The summed E-state index contributed by atoms with van der Waals surface area (Å²) in [7, 11) is 0. The fourth-order valence-corrected chi connectivity index (χ4v) is 6.48. The van der Waals surface area contributed by atoms with Crippen LogP contribution in [0.5, 0.6) is 0 Å². The average molecular weight is 552 g/mol. The highest BCUT2D eigenvalue weighted by atomic mass is 16.3. The van der Waals surface area contributed by atoms with E-state index in [1.807, 2.05) is 24.3 Å². The van der Waals surface area contributed by atoms with Gasteiger partial charge in [0.15, 0.2) is 5.58 Å². The van der Waals surface area contributed by atoms with Gasteiger partial charge < -0.3 is 13.7 Å². The molecule has 0 radical (unpaired) electrons. The van der Waals surface area contributed by atoms with Crippen LogP contribution in [0.15, 0.2) is 160 Å². The molecule has 0 aliphatic rings. The predicted octanol–water partition coefficient (Wildman–Crippen LogP) is 11.8. The molecule has 0 saturated carbocycles. The van der Waals surface area contributed by atoms with Crippen molar-refractivity contribution in [2.45, 2.75) is 0 Å². The lowest BCUT2D eigenvalue weighted by Crippen LogP contribution is -2.10. The number of para-hydroxylation sites is 2. The summed E-state index contributed by atoms with van der Waals surface area (Å²) < 4.78 is 13.2. The van der Waals surface area contributed by atoms with Crippen molar-refractivity contribution in [3.05, 3.63) is 152 Å². The highest BCUT2D eigenvalue weighted by Crippen LogP contribution is 2.46. The smallest absolute Gasteiger partial charge is 0.159 e. The molecule has 2 heterocycles. The maximum Gasteiger partial charge on any atom is 0.159 e. The molecule has 9 rings (SSSR count). The topological polar surface area (TPSA) is 29.5 Å². The number of furan rings is 2. The molecule has 0 spiro atoms. The number of fused-ring (bicyclic) bond motifs is 9. The summed E-state index contributed by atoms with van der Waals surface area (Å²) in [5, 5.41) is 6.62. The van der Waals surface area contributed by atoms with E-state index in [9.17, 15) is 0 Å². The summed E-state index contributed by atoms with van der Waals surface area (Å²) in [5.41, 5.74) is 8.95. The van der Waals surface area contributed by atoms with Crippen molar-refractivity contribution in [3.63, 3.8) is 0 Å². The lowest BCUT2D eigenvalue weighted by atomic mass is 10.0. The van der Waals surface area contributed by atoms with Crippen LogP contribution in [0.25, 0.3) is 65.8 Å². The molecule has 0 aliphatic heterocycles. The highest BCUT2D eigenvalue weighted by Gasteiger charge is 2.22. The van der Waals surface area contributed by atoms with Crippen LogP contribution in [0.4, 0.5) is 17.1 Å². The van der Waals surface area contributed by atoms with E-state index >= 15 is 0 Å². The first-order valence-electron chi connectivity index (χ1n) is 14.5. The summed E-state index contributed by atoms with van der Waals surface area (Å²) in [5.74, 6) is 0. The van der Waals surface area contributed by atoms with Crippen molar-refractivity contribution in [3.8, 4) is 11.1 Å². The summed E-state index contributed by atoms with van der Waals surface area (Å²) in [6.45, 7) is 0. The number of nitrogens with zero attached hydrogens (tertiary/aromatic N) is 1. The largest absolute Gasteiger partial charge is 0.455 e. The van der Waals surface area contributed by atoms with Crippen molar-refractivity contribution < 1.29 is 8.83 Å². The van der Waals surface area contributed by atoms with Crippen LogP contribution in [0.2, 0.25) is 0 Å². The van der Waals surface area contributed by atoms with Gasteiger partial charge in [0.2, 0.25) is 0 Å². The first-order valence-corrected chi connectivity index (χ1v) is 14.5. The molecule has 3 heteroatoms. The Kier molecular flexibility index (Phi) is 5.20. The summed E-state index contributed by atoms with van der Waals surface area (Å²) in [6, 6.07) is 52.9. The Morgan fingerprint density at radius 1 is 0.372 bits per heavy atom. The Hall–Kier alpha value is -5.80. The molecule has 202 valence electrons. The zero-order valence-electron chi connectivity index (χ0n) is 23.2. The van der Waals surface area contributed by atoms with Gasteiger partial charge in [-0.1, -0.05) is 103 Å². The predicted molar refractivity (Wildman–Crippen MR) is 179 cm³/mol. The van der Waals surface area contributed by atoms with Crippen molar-refractivity contribution in [2.75, 3.05) is 4.90 Å². The van der Waals surface area contributed by atoms with Gasteiger partial charge in [-0.2, -0.15) is 0 Å². The van der Waals surface area contributed by atoms with E-state index in [-0.39, 0.29) is 0 Å². The second-order valence-corrected chi connectivity index (χ2v) is 10.9. The van der Waals surface area contributed by atoms with Crippen molar-refractivity contribution in [1.82, 2.24) is 0 Å². The minimum atomic E-state index is 0.844. The third kappa shape index (κ3) is 3.68. The molecule has 3 nitrogen and oxygen atoms in total. The van der Waals surface area contributed by atoms with E-state index < -0.39 is 0 Å². The van der Waals surface area contributed by atoms with Crippen LogP contribution in [0.3, 0.4) is 0 Å². The van der Waals surface area contributed by atoms with Gasteiger partial charge in [0.05, 0.1) is 5.69 Å². The van der Waals surface area contributed by atoms with Crippen LogP contribution < -0.4 is 4.90 Å². The number of rotatable bonds is 4. The SMILES string of the molecule is c1ccc(-c2ccc(N(c3ccccc3)c3cccc4c3oc3ccc5oc6c7ccccc7ccc6c5c34)cc2)cc1. The maximum atomic E-state index is 6.73. The molecule has 0 fully saturated rings. The summed E-state index contributed by atoms with van der Waals surface area (Å²) in [6.07, 6.45) is 0. The van der Waals surface area contributed by atoms with Gasteiger partial charge in [-0.3, -0.25) is 0 Å². The van der Waals surface area contributed by atoms with Gasteiger partial charge in [0.25, 0.3) is 0 Å². The van der Waals surface area contributed by atoms with E-state index in [2.05, 4.69) is 132 Å². The first-order chi connectivity index (χ1) is 21.3. The minimum absolute atomic E-state index is 0.844. The molecule has 0 bridgehead atoms. The van der Waals surface area contributed by atoms with E-state index in [1.165, 1.54) is 16.5 Å². The summed E-state index contributed by atoms with van der Waals surface area (Å²) in [4.78, 5) is 2.28. The van der Waals surface area contributed by atoms with Crippen molar-refractivity contribution in [1.29, 1.82) is 0 Å². The molecule has 0 unspecified atom stereocenters. The van der Waals surface area contributed by atoms with Gasteiger partial charge >= 0.3 is 0 Å². The second kappa shape index (κ2) is 9.37. The van der Waals surface area contributed by atoms with E-state index in [4.69, 9.17) is 8.83 Å². The van der Waals surface area contributed by atoms with Crippen molar-refractivity contribution >= 4 is 71.7 Å². The summed E-state index contributed by atoms with van der Waals surface area (Å²) >= 11 is 0. The highest BCUT2D eigenvalue weighted by molar-refractivity contribution is 6.29. The van der Waals surface area contributed by atoms with Crippen LogP contribution in [-0.2, 0) is 0 Å². The zero-order valence-corrected chi connectivity index (χ0v) is 23.2. The first kappa shape index (κ1) is 23.9. The van der Waals surface area contributed by atoms with Gasteiger partial charge in [-0.25, -0.2) is 0 Å². The Labute approximate surface area is 247 Å². The molecule has 9 aromatic rings. The lowest BCUT2D eigenvalue weighted by molar-refractivity contribution is 0.664. The third-order valence-corrected chi connectivity index (χ3v) is 8.45. The minimum Gasteiger partial charge on any atom is -0.455 e. The molecular formula is C40H25NO2. The van der Waals surface area contributed by atoms with Crippen LogP contribution in [0.1, 0.15) is 0 Å². The monoisotopic (exact) mass is 551 g/mol. The number of hydrogen-bond acceptors (Lipinski definition) is 3. The number of benzene rings is 7. The fraction of sp³-hybridized carbons (Fsp3) is 0. The lowest BCUT2D eigenvalue weighted by Gasteiger charge is -2.25. The van der Waals surface area contributed by atoms with E-state index in [0.29, 0.717) is 0 Å². The standard InChI is InChI=1S/C40H25NO2/c1-3-10-26(11-4-1)27-18-21-30(22-19-27)41(29-13-5-2-6-14-29)34-17-9-16-32-37-36(43-40(32)34)25-24-35-38(37)33-23-20-28-12-7-8-15-31(28)39(33)42-35/h1-25H. The normalized spacial score (nSPS) is 11.7. The molecule has 0 saturated heterocycles. The fourth-order valence-electron chi connectivity index (χ4n) is 6.48. The Morgan fingerprint density at radius 3 is 1.72 bits per heavy atom. The molecular weight excluding hydrogens is 526 g/mol. The maximum absolute atomic E-state index is 6.73. The van der Waals surface area contributed by atoms with E-state index in [0.717, 1.165) is 66.3 Å². The average Bonchev–Trinajstić information content (AvgIpc) is 3.65. The van der Waals surface area contributed by atoms with Gasteiger partial charge in [-0.05, 0) is 65.0 Å². The third-order valence-electron chi connectivity index (χ3n) is 8.45. The number of hydrogen-bond donors (Lipinski definition) is 0.